The van der Waals surface area contributed by atoms with Gasteiger partial charge in [0, 0.05) is 35.7 Å². The van der Waals surface area contributed by atoms with Crippen molar-refractivity contribution in [3.8, 4) is 0 Å². The van der Waals surface area contributed by atoms with E-state index < -0.39 is 0 Å². The average molecular weight is 212 g/mol. The molecule has 0 atom stereocenters. The van der Waals surface area contributed by atoms with E-state index in [1.165, 1.54) is 5.54 Å². The molecule has 0 radical (unpaired) electrons. The Hall–Kier alpha value is 0.240. The molecule has 0 saturated heterocycles. The highest BCUT2D eigenvalue weighted by atomic mass is 35.5. The van der Waals surface area contributed by atoms with Crippen LogP contribution in [0.2, 0.25) is 0 Å². The van der Waals surface area contributed by atoms with Crippen LogP contribution in [0.1, 0.15) is 13.8 Å². The molecule has 0 spiro atoms. The van der Waals surface area contributed by atoms with E-state index in [1.54, 1.807) is 0 Å². The molecule has 0 aliphatic heterocycles. The van der Waals surface area contributed by atoms with Crippen LogP contribution in [0.15, 0.2) is 10.6 Å². The molecule has 2 N–H and O–H groups in total. The molecule has 0 aromatic heterocycles. The van der Waals surface area contributed by atoms with Gasteiger partial charge < -0.3 is 10.4 Å². The molecule has 0 saturated carbocycles. The van der Waals surface area contributed by atoms with Crippen molar-refractivity contribution in [3.63, 3.8) is 0 Å². The van der Waals surface area contributed by atoms with Crippen molar-refractivity contribution < 1.29 is 5.11 Å². The fraction of sp³-hybridized carbons (Fsp3) is 0.750. The fourth-order valence-corrected chi connectivity index (χ4v) is 0.786. The van der Waals surface area contributed by atoms with Crippen LogP contribution in [0, 0.1) is 5.41 Å². The summed E-state index contributed by atoms with van der Waals surface area (Å²) < 4.78 is 0. The lowest BCUT2D eigenvalue weighted by atomic mass is 9.95. The van der Waals surface area contributed by atoms with E-state index in [9.17, 15) is 0 Å². The molecule has 0 fully saturated rings. The van der Waals surface area contributed by atoms with Gasteiger partial charge in [-0.2, -0.15) is 0 Å². The summed E-state index contributed by atoms with van der Waals surface area (Å²) >= 11 is 11.0. The summed E-state index contributed by atoms with van der Waals surface area (Å²) in [5, 5.41) is 12.6. The van der Waals surface area contributed by atoms with E-state index >= 15 is 0 Å². The van der Waals surface area contributed by atoms with E-state index in [1.807, 2.05) is 13.8 Å². The minimum absolute atomic E-state index is 0.108. The summed E-state index contributed by atoms with van der Waals surface area (Å²) in [6.07, 6.45) is 0. The van der Waals surface area contributed by atoms with E-state index in [0.717, 1.165) is 0 Å². The number of rotatable bonds is 5. The van der Waals surface area contributed by atoms with E-state index in [4.69, 9.17) is 28.3 Å². The van der Waals surface area contributed by atoms with Crippen LogP contribution in [0.25, 0.3) is 0 Å². The lowest BCUT2D eigenvalue weighted by Gasteiger charge is -2.21. The summed E-state index contributed by atoms with van der Waals surface area (Å²) in [6, 6.07) is 0. The zero-order chi connectivity index (χ0) is 9.61. The van der Waals surface area contributed by atoms with Crippen molar-refractivity contribution in [2.24, 2.45) is 5.41 Å². The van der Waals surface area contributed by atoms with Crippen LogP contribution in [0.5, 0.6) is 0 Å². The first-order valence-corrected chi connectivity index (χ1v) is 4.59. The summed E-state index contributed by atoms with van der Waals surface area (Å²) in [4.78, 5) is 0. The van der Waals surface area contributed by atoms with Gasteiger partial charge in [-0.25, -0.2) is 0 Å². The third kappa shape index (κ3) is 5.84. The summed E-state index contributed by atoms with van der Waals surface area (Å²) in [5.74, 6) is 0. The molecule has 0 aliphatic rings. The second-order valence-corrected chi connectivity index (χ2v) is 4.19. The molecule has 72 valence electrons. The van der Waals surface area contributed by atoms with Gasteiger partial charge >= 0.3 is 0 Å². The Bertz CT molecular complexity index is 157. The summed E-state index contributed by atoms with van der Waals surface area (Å²) in [7, 11) is 0. The van der Waals surface area contributed by atoms with Crippen LogP contribution in [-0.4, -0.2) is 24.8 Å². The molecule has 2 nitrogen and oxygen atoms in total. The zero-order valence-electron chi connectivity index (χ0n) is 7.40. The standard InChI is InChI=1S/C8H15Cl2NO/c1-8(2,6-12)5-11-4-7(10)3-9/h3,11-12H,4-6H2,1-2H3. The van der Waals surface area contributed by atoms with Crippen LogP contribution in [0.3, 0.4) is 0 Å². The maximum atomic E-state index is 8.90. The minimum atomic E-state index is -0.108. The Morgan fingerprint density at radius 1 is 1.58 bits per heavy atom. The summed E-state index contributed by atoms with van der Waals surface area (Å²) in [5.41, 5.74) is 1.23. The number of aliphatic hydroxyl groups is 1. The smallest absolute Gasteiger partial charge is 0.0494 e. The van der Waals surface area contributed by atoms with Crippen LogP contribution in [-0.2, 0) is 0 Å². The van der Waals surface area contributed by atoms with Crippen molar-refractivity contribution in [2.75, 3.05) is 19.7 Å². The first-order chi connectivity index (χ1) is 5.52. The van der Waals surface area contributed by atoms with Gasteiger partial charge in [-0.3, -0.25) is 0 Å². The van der Waals surface area contributed by atoms with Gasteiger partial charge in [0.1, 0.15) is 0 Å². The van der Waals surface area contributed by atoms with Gasteiger partial charge in [0.15, 0.2) is 0 Å². The molecule has 0 aromatic carbocycles. The highest BCUT2D eigenvalue weighted by molar-refractivity contribution is 6.36. The van der Waals surface area contributed by atoms with Crippen molar-refractivity contribution in [1.29, 1.82) is 0 Å². The molecule has 0 aromatic rings. The lowest BCUT2D eigenvalue weighted by molar-refractivity contribution is 0.158. The van der Waals surface area contributed by atoms with E-state index in [2.05, 4.69) is 5.32 Å². The van der Waals surface area contributed by atoms with E-state index in [-0.39, 0.29) is 12.0 Å². The van der Waals surface area contributed by atoms with Crippen molar-refractivity contribution >= 4 is 23.2 Å². The maximum Gasteiger partial charge on any atom is 0.0494 e. The number of hydrogen-bond acceptors (Lipinski definition) is 2. The molecule has 0 rings (SSSR count). The number of nitrogens with one attached hydrogen (secondary N) is 1. The van der Waals surface area contributed by atoms with Crippen molar-refractivity contribution in [1.82, 2.24) is 5.32 Å². The SMILES string of the molecule is CC(C)(CO)CNCC(Cl)=CCl. The predicted molar refractivity (Wildman–Crippen MR) is 53.5 cm³/mol. The third-order valence-corrected chi connectivity index (χ3v) is 2.06. The summed E-state index contributed by atoms with van der Waals surface area (Å²) in [6.45, 7) is 5.36. The Kier molecular flexibility index (Phi) is 5.93. The van der Waals surface area contributed by atoms with Crippen LogP contribution >= 0.6 is 23.2 Å². The van der Waals surface area contributed by atoms with Gasteiger partial charge in [0.05, 0.1) is 0 Å². The second kappa shape index (κ2) is 5.81. The zero-order valence-corrected chi connectivity index (χ0v) is 8.91. The Labute approximate surface area is 83.6 Å². The average Bonchev–Trinajstić information content (AvgIpc) is 2.04. The predicted octanol–water partition coefficient (Wildman–Crippen LogP) is 1.91. The quantitative estimate of drug-likeness (QED) is 0.729. The van der Waals surface area contributed by atoms with Crippen molar-refractivity contribution in [3.05, 3.63) is 10.6 Å². The number of hydrogen-bond donors (Lipinski definition) is 2. The highest BCUT2D eigenvalue weighted by Gasteiger charge is 2.15. The molecule has 0 bridgehead atoms. The number of aliphatic hydroxyl groups excluding tert-OH is 1. The van der Waals surface area contributed by atoms with Gasteiger partial charge in [-0.1, -0.05) is 37.0 Å². The van der Waals surface area contributed by atoms with Crippen LogP contribution in [0.4, 0.5) is 0 Å². The minimum Gasteiger partial charge on any atom is -0.396 e. The van der Waals surface area contributed by atoms with Crippen LogP contribution < -0.4 is 5.32 Å². The molecule has 0 unspecified atom stereocenters. The Morgan fingerprint density at radius 3 is 2.58 bits per heavy atom. The van der Waals surface area contributed by atoms with Gasteiger partial charge in [0.25, 0.3) is 0 Å². The molecule has 0 amide bonds. The maximum absolute atomic E-state index is 8.90. The molecule has 0 heterocycles. The van der Waals surface area contributed by atoms with Crippen molar-refractivity contribution in [2.45, 2.75) is 13.8 Å². The van der Waals surface area contributed by atoms with E-state index in [0.29, 0.717) is 18.1 Å². The van der Waals surface area contributed by atoms with Gasteiger partial charge in [0.2, 0.25) is 0 Å². The second-order valence-electron chi connectivity index (χ2n) is 3.48. The first kappa shape index (κ1) is 12.2. The number of halogens is 2. The fourth-order valence-electron chi connectivity index (χ4n) is 0.615. The lowest BCUT2D eigenvalue weighted by Crippen LogP contribution is -2.32. The molecular weight excluding hydrogens is 197 g/mol. The topological polar surface area (TPSA) is 32.3 Å². The monoisotopic (exact) mass is 211 g/mol. The largest absolute Gasteiger partial charge is 0.396 e. The third-order valence-electron chi connectivity index (χ3n) is 1.44. The first-order valence-electron chi connectivity index (χ1n) is 3.78. The van der Waals surface area contributed by atoms with Gasteiger partial charge in [-0.15, -0.1) is 0 Å². The van der Waals surface area contributed by atoms with Gasteiger partial charge in [-0.05, 0) is 0 Å². The molecule has 12 heavy (non-hydrogen) atoms. The molecular formula is C8H15Cl2NO. The Balaban J connectivity index is 3.56. The Morgan fingerprint density at radius 2 is 2.17 bits per heavy atom. The highest BCUT2D eigenvalue weighted by Crippen LogP contribution is 2.11. The molecule has 0 aliphatic carbocycles. The normalized spacial score (nSPS) is 13.6. The molecule has 4 heteroatoms.